The van der Waals surface area contributed by atoms with Gasteiger partial charge in [-0.05, 0) is 33.1 Å². The van der Waals surface area contributed by atoms with Crippen molar-refractivity contribution in [2.75, 3.05) is 0 Å². The molecule has 0 heterocycles. The number of hydrogen-bond acceptors (Lipinski definition) is 2. The maximum Gasteiger partial charge on any atom is 0.337 e. The minimum absolute atomic E-state index is 0. The minimum Gasteiger partial charge on any atom is -0.479 e. The lowest BCUT2D eigenvalue weighted by Crippen LogP contribution is -2.22. The van der Waals surface area contributed by atoms with E-state index in [1.54, 1.807) is 0 Å². The van der Waals surface area contributed by atoms with E-state index in [2.05, 4.69) is 54.2 Å². The second-order valence-corrected chi connectivity index (χ2v) is 7.57. The molecule has 1 aromatic carbocycles. The summed E-state index contributed by atoms with van der Waals surface area (Å²) >= 11 is 0. The zero-order valence-corrected chi connectivity index (χ0v) is 13.8. The summed E-state index contributed by atoms with van der Waals surface area (Å²) in [6.45, 7) is 16.4. The summed E-state index contributed by atoms with van der Waals surface area (Å²) in [5.41, 5.74) is 2.98. The van der Waals surface area contributed by atoms with E-state index >= 15 is 0 Å². The molecule has 0 aliphatic heterocycles. The summed E-state index contributed by atoms with van der Waals surface area (Å²) in [5.74, 6) is -1.28. The molecular formula is C19H30O3. The molecule has 0 spiro atoms. The molecule has 0 aliphatic rings. The van der Waals surface area contributed by atoms with E-state index in [4.69, 9.17) is 5.11 Å². The first-order valence-electron chi connectivity index (χ1n) is 7.10. The molecule has 0 saturated heterocycles. The van der Waals surface area contributed by atoms with Crippen molar-refractivity contribution in [3.8, 4) is 0 Å². The minimum atomic E-state index is -1.58. The van der Waals surface area contributed by atoms with Crippen LogP contribution in [0.25, 0.3) is 5.57 Å². The number of rotatable bonds is 3. The first kappa shape index (κ1) is 20.4. The second-order valence-electron chi connectivity index (χ2n) is 7.57. The van der Waals surface area contributed by atoms with Crippen LogP contribution in [-0.4, -0.2) is 22.3 Å². The highest BCUT2D eigenvalue weighted by Crippen LogP contribution is 2.32. The Hall–Kier alpha value is -1.61. The van der Waals surface area contributed by atoms with Crippen LogP contribution in [0.15, 0.2) is 24.8 Å². The molecular weight excluding hydrogens is 276 g/mol. The smallest absolute Gasteiger partial charge is 0.337 e. The highest BCUT2D eigenvalue weighted by Gasteiger charge is 2.24. The number of carboxylic acid groups (broad SMARTS) is 1. The first-order valence-corrected chi connectivity index (χ1v) is 7.10. The van der Waals surface area contributed by atoms with E-state index in [0.717, 1.165) is 11.1 Å². The van der Waals surface area contributed by atoms with E-state index in [1.807, 2.05) is 12.1 Å². The molecule has 3 nitrogen and oxygen atoms in total. The van der Waals surface area contributed by atoms with Gasteiger partial charge in [0.05, 0.1) is 0 Å². The SMILES string of the molecule is C.C=C(c1cc(C(C)(C)C)cc(C(C)(C)C)c1)C(O)C(=O)O. The fraction of sp³-hybridized carbons (Fsp3) is 0.526. The molecule has 1 atom stereocenters. The largest absolute Gasteiger partial charge is 0.479 e. The Morgan fingerprint density at radius 3 is 1.64 bits per heavy atom. The fourth-order valence-corrected chi connectivity index (χ4v) is 1.99. The molecule has 1 unspecified atom stereocenters. The number of carbonyl (C=O) groups is 1. The summed E-state index contributed by atoms with van der Waals surface area (Å²) in [4.78, 5) is 11.0. The molecule has 1 aromatic rings. The van der Waals surface area contributed by atoms with Crippen molar-refractivity contribution < 1.29 is 15.0 Å². The number of benzene rings is 1. The zero-order chi connectivity index (χ0) is 16.6. The van der Waals surface area contributed by atoms with Crippen molar-refractivity contribution >= 4 is 11.5 Å². The van der Waals surface area contributed by atoms with Gasteiger partial charge >= 0.3 is 5.97 Å². The maximum atomic E-state index is 11.0. The molecule has 0 amide bonds. The van der Waals surface area contributed by atoms with Crippen LogP contribution in [0.1, 0.15) is 65.7 Å². The zero-order valence-electron chi connectivity index (χ0n) is 13.8. The van der Waals surface area contributed by atoms with Gasteiger partial charge in [0.2, 0.25) is 0 Å². The van der Waals surface area contributed by atoms with Crippen molar-refractivity contribution in [2.24, 2.45) is 0 Å². The first-order chi connectivity index (χ1) is 9.34. The van der Waals surface area contributed by atoms with Gasteiger partial charge in [-0.25, -0.2) is 4.79 Å². The molecule has 0 bridgehead atoms. The molecule has 2 N–H and O–H groups in total. The summed E-state index contributed by atoms with van der Waals surface area (Å²) < 4.78 is 0. The molecule has 124 valence electrons. The Balaban J connectivity index is 0.00000441. The van der Waals surface area contributed by atoms with Crippen molar-refractivity contribution in [1.29, 1.82) is 0 Å². The van der Waals surface area contributed by atoms with Gasteiger partial charge in [0.25, 0.3) is 0 Å². The number of aliphatic hydroxyl groups is 1. The van der Waals surface area contributed by atoms with E-state index in [9.17, 15) is 9.90 Å². The van der Waals surface area contributed by atoms with Gasteiger partial charge in [0.15, 0.2) is 6.10 Å². The summed E-state index contributed by atoms with van der Waals surface area (Å²) in [7, 11) is 0. The molecule has 1 rings (SSSR count). The monoisotopic (exact) mass is 306 g/mol. The van der Waals surface area contributed by atoms with Crippen LogP contribution in [0, 0.1) is 0 Å². The third kappa shape index (κ3) is 4.70. The Bertz CT molecular complexity index is 525. The highest BCUT2D eigenvalue weighted by molar-refractivity contribution is 5.89. The molecule has 22 heavy (non-hydrogen) atoms. The van der Waals surface area contributed by atoms with Crippen molar-refractivity contribution in [2.45, 2.75) is 65.9 Å². The molecule has 3 heteroatoms. The Morgan fingerprint density at radius 1 is 1.00 bits per heavy atom. The normalized spacial score (nSPS) is 13.2. The van der Waals surface area contributed by atoms with Gasteiger partial charge in [-0.15, -0.1) is 0 Å². The van der Waals surface area contributed by atoms with Crippen LogP contribution in [0.2, 0.25) is 0 Å². The molecule has 0 fully saturated rings. The van der Waals surface area contributed by atoms with Gasteiger partial charge in [0, 0.05) is 0 Å². The van der Waals surface area contributed by atoms with Gasteiger partial charge in [-0.1, -0.05) is 73.7 Å². The van der Waals surface area contributed by atoms with Gasteiger partial charge in [0.1, 0.15) is 0 Å². The predicted molar refractivity (Wildman–Crippen MR) is 93.2 cm³/mol. The van der Waals surface area contributed by atoms with Crippen LogP contribution in [0.4, 0.5) is 0 Å². The number of aliphatic hydroxyl groups excluding tert-OH is 1. The Kier molecular flexibility index (Phi) is 6.17. The number of aliphatic carboxylic acids is 1. The standard InChI is InChI=1S/C18H26O3.CH4/c1-11(15(19)16(20)21)12-8-13(17(2,3)4)10-14(9-12)18(5,6)7;/h8-10,15,19H,1H2,2-7H3,(H,20,21);1H4. The van der Waals surface area contributed by atoms with E-state index in [0.29, 0.717) is 5.56 Å². The summed E-state index contributed by atoms with van der Waals surface area (Å²) in [6.07, 6.45) is -1.58. The molecule has 0 aromatic heterocycles. The van der Waals surface area contributed by atoms with Crippen LogP contribution in [0.3, 0.4) is 0 Å². The van der Waals surface area contributed by atoms with E-state index in [1.165, 1.54) is 0 Å². The lowest BCUT2D eigenvalue weighted by Gasteiger charge is -2.27. The van der Waals surface area contributed by atoms with E-state index < -0.39 is 12.1 Å². The quantitative estimate of drug-likeness (QED) is 0.871. The lowest BCUT2D eigenvalue weighted by molar-refractivity contribution is -0.143. The van der Waals surface area contributed by atoms with Crippen molar-refractivity contribution in [3.05, 3.63) is 41.5 Å². The number of hydrogen-bond donors (Lipinski definition) is 2. The third-order valence-electron chi connectivity index (χ3n) is 3.60. The van der Waals surface area contributed by atoms with Crippen LogP contribution < -0.4 is 0 Å². The van der Waals surface area contributed by atoms with Crippen LogP contribution in [-0.2, 0) is 15.6 Å². The average Bonchev–Trinajstić information content (AvgIpc) is 2.34. The molecule has 0 radical (unpaired) electrons. The lowest BCUT2D eigenvalue weighted by atomic mass is 9.78. The Labute approximate surface area is 134 Å². The molecule has 0 aliphatic carbocycles. The van der Waals surface area contributed by atoms with Crippen molar-refractivity contribution in [3.63, 3.8) is 0 Å². The van der Waals surface area contributed by atoms with Crippen molar-refractivity contribution in [1.82, 2.24) is 0 Å². The van der Waals surface area contributed by atoms with Crippen LogP contribution >= 0.6 is 0 Å². The summed E-state index contributed by atoms with van der Waals surface area (Å²) in [6, 6.07) is 5.98. The predicted octanol–water partition coefficient (Wildman–Crippen LogP) is 4.38. The second kappa shape index (κ2) is 6.66. The maximum absolute atomic E-state index is 11.0. The fourth-order valence-electron chi connectivity index (χ4n) is 1.99. The molecule has 0 saturated carbocycles. The van der Waals surface area contributed by atoms with Crippen LogP contribution in [0.5, 0.6) is 0 Å². The number of carboxylic acids is 1. The topological polar surface area (TPSA) is 57.5 Å². The average molecular weight is 306 g/mol. The van der Waals surface area contributed by atoms with E-state index in [-0.39, 0.29) is 23.8 Å². The third-order valence-corrected chi connectivity index (χ3v) is 3.60. The highest BCUT2D eigenvalue weighted by atomic mass is 16.4. The van der Waals surface area contributed by atoms with Gasteiger partial charge in [-0.3, -0.25) is 0 Å². The summed E-state index contributed by atoms with van der Waals surface area (Å²) in [5, 5.41) is 18.7. The Morgan fingerprint density at radius 2 is 1.36 bits per heavy atom. The van der Waals surface area contributed by atoms with Gasteiger partial charge < -0.3 is 10.2 Å². The van der Waals surface area contributed by atoms with Gasteiger partial charge in [-0.2, -0.15) is 0 Å².